The van der Waals surface area contributed by atoms with Crippen molar-refractivity contribution in [1.29, 1.82) is 0 Å². The van der Waals surface area contributed by atoms with Crippen molar-refractivity contribution in [2.24, 2.45) is 11.5 Å². The molecule has 0 unspecified atom stereocenters. The van der Waals surface area contributed by atoms with Crippen LogP contribution in [0.4, 0.5) is 5.69 Å². The third kappa shape index (κ3) is 3.05. The van der Waals surface area contributed by atoms with Crippen molar-refractivity contribution in [1.82, 2.24) is 0 Å². The average Bonchev–Trinajstić information content (AvgIpc) is 2.83. The second-order valence-electron chi connectivity index (χ2n) is 5.16. The number of carbonyl (C=O) groups excluding carboxylic acids is 1. The molecule has 0 aromatic heterocycles. The molecule has 7 nitrogen and oxygen atoms in total. The first-order chi connectivity index (χ1) is 9.41. The number of carbonyl (C=O) groups is 1. The van der Waals surface area contributed by atoms with E-state index in [0.29, 0.717) is 0 Å². The van der Waals surface area contributed by atoms with Crippen molar-refractivity contribution >= 4 is 11.6 Å². The van der Waals surface area contributed by atoms with E-state index in [0.717, 1.165) is 31.7 Å². The fraction of sp³-hybridized carbons (Fsp3) is 0.462. The Morgan fingerprint density at radius 1 is 1.40 bits per heavy atom. The lowest BCUT2D eigenvalue weighted by Gasteiger charge is -2.24. The van der Waals surface area contributed by atoms with E-state index >= 15 is 0 Å². The zero-order chi connectivity index (χ0) is 14.8. The van der Waals surface area contributed by atoms with Crippen LogP contribution in [0, 0.1) is 10.1 Å². The fourth-order valence-corrected chi connectivity index (χ4v) is 2.39. The molecule has 1 saturated carbocycles. The van der Waals surface area contributed by atoms with Gasteiger partial charge in [-0.05, 0) is 18.9 Å². The minimum atomic E-state index is -0.763. The van der Waals surface area contributed by atoms with Crippen LogP contribution in [0.1, 0.15) is 36.0 Å². The molecule has 0 bridgehead atoms. The number of amides is 1. The molecule has 2 rings (SSSR count). The number of nitrogens with two attached hydrogens (primary N) is 2. The minimum Gasteiger partial charge on any atom is -0.491 e. The van der Waals surface area contributed by atoms with Crippen LogP contribution >= 0.6 is 0 Å². The van der Waals surface area contributed by atoms with Crippen LogP contribution in [0.5, 0.6) is 5.75 Å². The van der Waals surface area contributed by atoms with Gasteiger partial charge in [0.25, 0.3) is 11.6 Å². The lowest BCUT2D eigenvalue weighted by molar-refractivity contribution is -0.384. The predicted molar refractivity (Wildman–Crippen MR) is 72.5 cm³/mol. The molecule has 0 radical (unpaired) electrons. The van der Waals surface area contributed by atoms with E-state index in [1.807, 2.05) is 0 Å². The van der Waals surface area contributed by atoms with Gasteiger partial charge in [0.05, 0.1) is 16.0 Å². The van der Waals surface area contributed by atoms with Gasteiger partial charge >= 0.3 is 0 Å². The summed E-state index contributed by atoms with van der Waals surface area (Å²) in [6.07, 6.45) is 3.85. The molecular weight excluding hydrogens is 262 g/mol. The summed E-state index contributed by atoms with van der Waals surface area (Å²) in [7, 11) is 0. The standard InChI is InChI=1S/C13H17N3O4/c14-12(17)10-7-9(16(18)19)3-4-11(10)20-8-13(15)5-1-2-6-13/h3-4,7H,1-2,5-6,8,15H2,(H2,14,17). The normalized spacial score (nSPS) is 16.9. The Balaban J connectivity index is 2.18. The number of nitro groups is 1. The van der Waals surface area contributed by atoms with Gasteiger partial charge in [-0.25, -0.2) is 0 Å². The molecule has 1 aliphatic carbocycles. The van der Waals surface area contributed by atoms with Crippen LogP contribution in [-0.2, 0) is 0 Å². The molecule has 108 valence electrons. The Morgan fingerprint density at radius 2 is 2.05 bits per heavy atom. The van der Waals surface area contributed by atoms with Gasteiger partial charge < -0.3 is 16.2 Å². The average molecular weight is 279 g/mol. The Hall–Kier alpha value is -2.15. The zero-order valence-corrected chi connectivity index (χ0v) is 11.0. The molecule has 7 heteroatoms. The van der Waals surface area contributed by atoms with Gasteiger partial charge in [0.1, 0.15) is 12.4 Å². The molecule has 1 aromatic carbocycles. The molecule has 1 aliphatic rings. The molecule has 1 aromatic rings. The van der Waals surface area contributed by atoms with Gasteiger partial charge in [-0.15, -0.1) is 0 Å². The number of nitro benzene ring substituents is 1. The van der Waals surface area contributed by atoms with E-state index in [2.05, 4.69) is 0 Å². The molecule has 0 saturated heterocycles. The van der Waals surface area contributed by atoms with Crippen molar-refractivity contribution in [3.63, 3.8) is 0 Å². The van der Waals surface area contributed by atoms with Crippen molar-refractivity contribution in [3.8, 4) is 5.75 Å². The second kappa shape index (κ2) is 5.46. The predicted octanol–water partition coefficient (Wildman–Crippen LogP) is 1.34. The SMILES string of the molecule is NC(=O)c1cc([N+](=O)[O-])ccc1OCC1(N)CCCC1. The van der Waals surface area contributed by atoms with Crippen LogP contribution in [0.2, 0.25) is 0 Å². The van der Waals surface area contributed by atoms with Crippen molar-refractivity contribution < 1.29 is 14.5 Å². The largest absolute Gasteiger partial charge is 0.491 e. The molecule has 0 heterocycles. The number of primary amides is 1. The van der Waals surface area contributed by atoms with Crippen LogP contribution in [0.3, 0.4) is 0 Å². The third-order valence-electron chi connectivity index (χ3n) is 3.55. The third-order valence-corrected chi connectivity index (χ3v) is 3.55. The van der Waals surface area contributed by atoms with Gasteiger partial charge in [-0.3, -0.25) is 14.9 Å². The Morgan fingerprint density at radius 3 is 2.60 bits per heavy atom. The molecule has 0 aliphatic heterocycles. The zero-order valence-electron chi connectivity index (χ0n) is 11.0. The molecule has 20 heavy (non-hydrogen) atoms. The highest BCUT2D eigenvalue weighted by Crippen LogP contribution is 2.29. The lowest BCUT2D eigenvalue weighted by Crippen LogP contribution is -2.42. The summed E-state index contributed by atoms with van der Waals surface area (Å²) in [6, 6.07) is 3.78. The summed E-state index contributed by atoms with van der Waals surface area (Å²) in [5, 5.41) is 10.7. The Bertz CT molecular complexity index is 538. The first-order valence-corrected chi connectivity index (χ1v) is 6.41. The molecule has 0 spiro atoms. The van der Waals surface area contributed by atoms with Crippen molar-refractivity contribution in [2.45, 2.75) is 31.2 Å². The van der Waals surface area contributed by atoms with E-state index in [-0.39, 0.29) is 23.6 Å². The van der Waals surface area contributed by atoms with Gasteiger partial charge in [0.2, 0.25) is 0 Å². The van der Waals surface area contributed by atoms with E-state index in [1.54, 1.807) is 0 Å². The van der Waals surface area contributed by atoms with E-state index < -0.39 is 16.4 Å². The highest BCUT2D eigenvalue weighted by molar-refractivity contribution is 5.96. The quantitative estimate of drug-likeness (QED) is 0.622. The monoisotopic (exact) mass is 279 g/mol. The topological polar surface area (TPSA) is 121 Å². The number of benzene rings is 1. The van der Waals surface area contributed by atoms with Crippen molar-refractivity contribution in [2.75, 3.05) is 6.61 Å². The number of nitrogens with zero attached hydrogens (tertiary/aromatic N) is 1. The van der Waals surface area contributed by atoms with E-state index in [1.165, 1.54) is 12.1 Å². The number of hydrogen-bond acceptors (Lipinski definition) is 5. The summed E-state index contributed by atoms with van der Waals surface area (Å²) in [4.78, 5) is 21.5. The maximum absolute atomic E-state index is 11.4. The maximum Gasteiger partial charge on any atom is 0.270 e. The van der Waals surface area contributed by atoms with Crippen LogP contribution in [-0.4, -0.2) is 23.0 Å². The minimum absolute atomic E-state index is 0.000738. The lowest BCUT2D eigenvalue weighted by atomic mass is 10.0. The Kier molecular flexibility index (Phi) is 3.89. The summed E-state index contributed by atoms with van der Waals surface area (Å²) >= 11 is 0. The summed E-state index contributed by atoms with van der Waals surface area (Å²) in [5.41, 5.74) is 10.8. The van der Waals surface area contributed by atoms with Crippen LogP contribution in [0.25, 0.3) is 0 Å². The summed E-state index contributed by atoms with van der Waals surface area (Å²) in [5.74, 6) is -0.527. The fourth-order valence-electron chi connectivity index (χ4n) is 2.39. The van der Waals surface area contributed by atoms with Crippen LogP contribution in [0.15, 0.2) is 18.2 Å². The van der Waals surface area contributed by atoms with E-state index in [9.17, 15) is 14.9 Å². The second-order valence-corrected chi connectivity index (χ2v) is 5.16. The number of non-ortho nitro benzene ring substituents is 1. The van der Waals surface area contributed by atoms with Gasteiger partial charge in [-0.2, -0.15) is 0 Å². The molecule has 4 N–H and O–H groups in total. The smallest absolute Gasteiger partial charge is 0.270 e. The molecule has 0 atom stereocenters. The molecule has 1 amide bonds. The first-order valence-electron chi connectivity index (χ1n) is 6.41. The number of rotatable bonds is 5. The number of ether oxygens (including phenoxy) is 1. The summed E-state index contributed by atoms with van der Waals surface area (Å²) < 4.78 is 5.57. The number of hydrogen-bond donors (Lipinski definition) is 2. The summed E-state index contributed by atoms with van der Waals surface area (Å²) in [6.45, 7) is 0.269. The maximum atomic E-state index is 11.4. The Labute approximate surface area is 116 Å². The molecular formula is C13H17N3O4. The highest BCUT2D eigenvalue weighted by Gasteiger charge is 2.30. The first kappa shape index (κ1) is 14.3. The van der Waals surface area contributed by atoms with Crippen molar-refractivity contribution in [3.05, 3.63) is 33.9 Å². The van der Waals surface area contributed by atoms with Crippen LogP contribution < -0.4 is 16.2 Å². The van der Waals surface area contributed by atoms with E-state index in [4.69, 9.17) is 16.2 Å². The highest BCUT2D eigenvalue weighted by atomic mass is 16.6. The van der Waals surface area contributed by atoms with Gasteiger partial charge in [0, 0.05) is 12.1 Å². The molecule has 1 fully saturated rings. The van der Waals surface area contributed by atoms with Gasteiger partial charge in [0.15, 0.2) is 0 Å². The van der Waals surface area contributed by atoms with Gasteiger partial charge in [-0.1, -0.05) is 12.8 Å².